The molecule has 0 heterocycles. The Balaban J connectivity index is 2.66. The monoisotopic (exact) mass is 353 g/mol. The van der Waals surface area contributed by atoms with Crippen molar-refractivity contribution in [1.29, 1.82) is 0 Å². The Morgan fingerprint density at radius 2 is 1.74 bits per heavy atom. The average molecular weight is 353 g/mol. The van der Waals surface area contributed by atoms with Crippen LogP contribution in [-0.2, 0) is 10.0 Å². The normalized spacial score (nSPS) is 12.2. The molecule has 10 heteroatoms. The number of sulfonamides is 1. The van der Waals surface area contributed by atoms with Crippen LogP contribution >= 0.6 is 0 Å². The molecule has 0 saturated carbocycles. The summed E-state index contributed by atoms with van der Waals surface area (Å²) in [5.41, 5.74) is -0.0548. The van der Waals surface area contributed by atoms with Gasteiger partial charge in [0.05, 0.1) is 4.90 Å². The van der Waals surface area contributed by atoms with E-state index >= 15 is 0 Å². The summed E-state index contributed by atoms with van der Waals surface area (Å²) in [5.74, 6) is -0.925. The van der Waals surface area contributed by atoms with Crippen LogP contribution in [0.3, 0.4) is 0 Å². The maximum atomic E-state index is 12.0. The lowest BCUT2D eigenvalue weighted by Crippen LogP contribution is -2.34. The first-order chi connectivity index (χ1) is 10.7. The van der Waals surface area contributed by atoms with Crippen LogP contribution in [0.2, 0.25) is 0 Å². The maximum absolute atomic E-state index is 12.0. The fourth-order valence-electron chi connectivity index (χ4n) is 1.60. The Hall–Kier alpha value is -1.65. The van der Waals surface area contributed by atoms with Crippen LogP contribution in [0.25, 0.3) is 0 Å². The van der Waals surface area contributed by atoms with Gasteiger partial charge in [-0.3, -0.25) is 4.79 Å². The molecule has 0 spiro atoms. The number of amides is 1. The van der Waals surface area contributed by atoms with Gasteiger partial charge in [-0.05, 0) is 30.8 Å². The molecule has 3 N–H and O–H groups in total. The van der Waals surface area contributed by atoms with E-state index in [1.165, 1.54) is 0 Å². The van der Waals surface area contributed by atoms with Crippen LogP contribution in [0.4, 0.5) is 13.2 Å². The van der Waals surface area contributed by atoms with Crippen molar-refractivity contribution in [1.82, 2.24) is 15.4 Å². The second-order valence-electron chi connectivity index (χ2n) is 4.57. The van der Waals surface area contributed by atoms with Crippen molar-refractivity contribution in [3.8, 4) is 0 Å². The zero-order chi connectivity index (χ0) is 17.5. The van der Waals surface area contributed by atoms with Crippen LogP contribution < -0.4 is 15.4 Å². The van der Waals surface area contributed by atoms with E-state index in [-0.39, 0.29) is 17.0 Å². The predicted molar refractivity (Wildman–Crippen MR) is 78.6 cm³/mol. The first kappa shape index (κ1) is 19.4. The molecule has 0 aliphatic heterocycles. The van der Waals surface area contributed by atoms with E-state index < -0.39 is 28.7 Å². The quantitative estimate of drug-likeness (QED) is 0.605. The van der Waals surface area contributed by atoms with Gasteiger partial charge in [0, 0.05) is 18.7 Å². The number of hydrogen-bond donors (Lipinski definition) is 3. The number of rotatable bonds is 8. The molecule has 0 aliphatic carbocycles. The molecule has 0 bridgehead atoms. The Labute approximate surface area is 132 Å². The highest BCUT2D eigenvalue weighted by molar-refractivity contribution is 7.89. The minimum absolute atomic E-state index is 0.0548. The molecule has 0 fully saturated rings. The molecular weight excluding hydrogens is 335 g/mol. The largest absolute Gasteiger partial charge is 0.405 e. The van der Waals surface area contributed by atoms with Crippen LogP contribution in [0.15, 0.2) is 29.2 Å². The molecule has 1 aromatic rings. The van der Waals surface area contributed by atoms with Crippen LogP contribution in [0, 0.1) is 0 Å². The van der Waals surface area contributed by atoms with Gasteiger partial charge in [0.25, 0.3) is 5.91 Å². The number of halogens is 3. The highest BCUT2D eigenvalue weighted by Crippen LogP contribution is 2.14. The summed E-state index contributed by atoms with van der Waals surface area (Å²) in [6, 6.07) is 4.64. The lowest BCUT2D eigenvalue weighted by atomic mass is 10.2. The van der Waals surface area contributed by atoms with E-state index in [2.05, 4.69) is 10.0 Å². The number of benzene rings is 1. The van der Waals surface area contributed by atoms with Gasteiger partial charge in [0.1, 0.15) is 6.54 Å². The van der Waals surface area contributed by atoms with Crippen molar-refractivity contribution in [2.75, 3.05) is 26.2 Å². The minimum atomic E-state index is -4.50. The smallest absolute Gasteiger partial charge is 0.343 e. The Morgan fingerprint density at radius 1 is 1.13 bits per heavy atom. The van der Waals surface area contributed by atoms with Crippen molar-refractivity contribution in [2.24, 2.45) is 0 Å². The van der Waals surface area contributed by atoms with Crippen molar-refractivity contribution < 1.29 is 26.4 Å². The number of carbonyl (C=O) groups excluding carboxylic acids is 1. The number of carbonyl (C=O) groups is 1. The summed E-state index contributed by atoms with van der Waals surface area (Å²) in [6.07, 6.45) is -4.50. The summed E-state index contributed by atoms with van der Waals surface area (Å²) in [4.78, 5) is 11.4. The zero-order valence-corrected chi connectivity index (χ0v) is 13.2. The van der Waals surface area contributed by atoms with Gasteiger partial charge < -0.3 is 10.6 Å². The first-order valence-electron chi connectivity index (χ1n) is 6.81. The van der Waals surface area contributed by atoms with Crippen LogP contribution in [0.5, 0.6) is 0 Å². The molecule has 0 unspecified atom stereocenters. The van der Waals surface area contributed by atoms with Crippen molar-refractivity contribution in [3.63, 3.8) is 0 Å². The number of alkyl halides is 3. The molecule has 0 aromatic heterocycles. The SMILES string of the molecule is CCNCCNS(=O)(=O)c1ccc(C(=O)NCC(F)(F)F)cc1. The summed E-state index contributed by atoms with van der Waals surface area (Å²) in [6.45, 7) is 1.82. The van der Waals surface area contributed by atoms with Gasteiger partial charge in [-0.25, -0.2) is 13.1 Å². The zero-order valence-electron chi connectivity index (χ0n) is 12.4. The van der Waals surface area contributed by atoms with Gasteiger partial charge in [-0.15, -0.1) is 0 Å². The lowest BCUT2D eigenvalue weighted by molar-refractivity contribution is -0.123. The first-order valence-corrected chi connectivity index (χ1v) is 8.29. The lowest BCUT2D eigenvalue weighted by Gasteiger charge is -2.09. The number of likely N-dealkylation sites (N-methyl/N-ethyl adjacent to an activating group) is 1. The Bertz CT molecular complexity index is 616. The minimum Gasteiger partial charge on any atom is -0.343 e. The predicted octanol–water partition coefficient (Wildman–Crippen LogP) is 0.866. The van der Waals surface area contributed by atoms with Crippen LogP contribution in [-0.4, -0.2) is 46.7 Å². The molecule has 0 atom stereocenters. The Kier molecular flexibility index (Phi) is 6.98. The molecule has 1 rings (SSSR count). The van der Waals surface area contributed by atoms with Gasteiger partial charge in [0.15, 0.2) is 0 Å². The van der Waals surface area contributed by atoms with Gasteiger partial charge in [0.2, 0.25) is 10.0 Å². The van der Waals surface area contributed by atoms with Crippen molar-refractivity contribution in [2.45, 2.75) is 18.0 Å². The standard InChI is InChI=1S/C13H18F3N3O3S/c1-2-17-7-8-19-23(21,22)11-5-3-10(4-6-11)12(20)18-9-13(14,15)16/h3-6,17,19H,2,7-9H2,1H3,(H,18,20). The fourth-order valence-corrected chi connectivity index (χ4v) is 2.63. The number of nitrogens with one attached hydrogen (secondary N) is 3. The third kappa shape index (κ3) is 6.97. The van der Waals surface area contributed by atoms with E-state index in [0.717, 1.165) is 24.3 Å². The molecule has 23 heavy (non-hydrogen) atoms. The summed E-state index contributed by atoms with van der Waals surface area (Å²) < 4.78 is 62.3. The molecule has 0 saturated heterocycles. The van der Waals surface area contributed by atoms with E-state index in [4.69, 9.17) is 0 Å². The topological polar surface area (TPSA) is 87.3 Å². The molecule has 0 aliphatic rings. The second kappa shape index (κ2) is 8.27. The molecule has 130 valence electrons. The third-order valence-corrected chi connectivity index (χ3v) is 4.20. The van der Waals surface area contributed by atoms with Crippen molar-refractivity contribution >= 4 is 15.9 Å². The van der Waals surface area contributed by atoms with Crippen molar-refractivity contribution in [3.05, 3.63) is 29.8 Å². The molecule has 0 radical (unpaired) electrons. The Morgan fingerprint density at radius 3 is 2.26 bits per heavy atom. The van der Waals surface area contributed by atoms with Gasteiger partial charge >= 0.3 is 6.18 Å². The highest BCUT2D eigenvalue weighted by Gasteiger charge is 2.28. The van der Waals surface area contributed by atoms with E-state index in [1.807, 2.05) is 6.92 Å². The molecule has 6 nitrogen and oxygen atoms in total. The van der Waals surface area contributed by atoms with E-state index in [9.17, 15) is 26.4 Å². The third-order valence-electron chi connectivity index (χ3n) is 2.72. The van der Waals surface area contributed by atoms with Gasteiger partial charge in [-0.2, -0.15) is 13.2 Å². The highest BCUT2D eigenvalue weighted by atomic mass is 32.2. The summed E-state index contributed by atoms with van der Waals surface area (Å²) in [7, 11) is -3.72. The van der Waals surface area contributed by atoms with E-state index in [0.29, 0.717) is 13.1 Å². The van der Waals surface area contributed by atoms with E-state index in [1.54, 1.807) is 5.32 Å². The average Bonchev–Trinajstić information content (AvgIpc) is 2.48. The summed E-state index contributed by atoms with van der Waals surface area (Å²) in [5, 5.41) is 4.66. The molecule has 1 amide bonds. The molecular formula is C13H18F3N3O3S. The fraction of sp³-hybridized carbons (Fsp3) is 0.462. The number of hydrogen-bond acceptors (Lipinski definition) is 4. The second-order valence-corrected chi connectivity index (χ2v) is 6.34. The van der Waals surface area contributed by atoms with Gasteiger partial charge in [-0.1, -0.05) is 6.92 Å². The maximum Gasteiger partial charge on any atom is 0.405 e. The summed E-state index contributed by atoms with van der Waals surface area (Å²) >= 11 is 0. The molecule has 1 aromatic carbocycles. The van der Waals surface area contributed by atoms with Crippen LogP contribution in [0.1, 0.15) is 17.3 Å².